The first kappa shape index (κ1) is 21.3. The molecule has 164 valence electrons. The molecule has 4 heterocycles. The SMILES string of the molecule is O=c1[nH]c(C2=NCCCC2)nc2c1CN(Cc1ccc(-c3ccc(Cl)c(Cl)c3)nc1)CC2. The number of benzene rings is 1. The minimum atomic E-state index is -0.0453. The molecule has 0 spiro atoms. The van der Waals surface area contributed by atoms with Gasteiger partial charge in [0.15, 0.2) is 5.82 Å². The maximum absolute atomic E-state index is 12.8. The Morgan fingerprint density at radius 3 is 2.72 bits per heavy atom. The van der Waals surface area contributed by atoms with Gasteiger partial charge in [-0.1, -0.05) is 35.3 Å². The lowest BCUT2D eigenvalue weighted by Crippen LogP contribution is -2.36. The molecule has 3 aromatic rings. The number of rotatable bonds is 4. The fourth-order valence-electron chi connectivity index (χ4n) is 4.25. The Morgan fingerprint density at radius 2 is 1.97 bits per heavy atom. The van der Waals surface area contributed by atoms with E-state index in [0.29, 0.717) is 22.4 Å². The number of nitrogens with zero attached hydrogens (tertiary/aromatic N) is 4. The van der Waals surface area contributed by atoms with Crippen molar-refractivity contribution in [1.29, 1.82) is 0 Å². The quantitative estimate of drug-likeness (QED) is 0.604. The Hall–Kier alpha value is -2.54. The molecule has 0 saturated carbocycles. The third kappa shape index (κ3) is 4.49. The van der Waals surface area contributed by atoms with E-state index < -0.39 is 0 Å². The van der Waals surface area contributed by atoms with Gasteiger partial charge in [0, 0.05) is 44.4 Å². The maximum atomic E-state index is 12.8. The monoisotopic (exact) mass is 467 g/mol. The van der Waals surface area contributed by atoms with Gasteiger partial charge in [0.25, 0.3) is 5.56 Å². The summed E-state index contributed by atoms with van der Waals surface area (Å²) in [5.41, 5.74) is 5.42. The van der Waals surface area contributed by atoms with Gasteiger partial charge >= 0.3 is 0 Å². The van der Waals surface area contributed by atoms with E-state index >= 15 is 0 Å². The van der Waals surface area contributed by atoms with E-state index in [1.807, 2.05) is 24.4 Å². The molecule has 32 heavy (non-hydrogen) atoms. The Labute approximate surface area is 196 Å². The molecular weight excluding hydrogens is 445 g/mol. The molecule has 1 aromatic carbocycles. The number of aromatic amines is 1. The van der Waals surface area contributed by atoms with Crippen molar-refractivity contribution in [1.82, 2.24) is 19.9 Å². The lowest BCUT2D eigenvalue weighted by molar-refractivity contribution is 0.241. The standard InChI is InChI=1S/C24H23Cl2N5O/c25-18-6-5-16(11-19(18)26)20-7-4-15(12-28-20)13-31-10-8-21-17(14-31)24(32)30-23(29-21)22-3-1-2-9-27-22/h4-7,11-12H,1-3,8-10,13-14H2,(H,29,30,32). The van der Waals surface area contributed by atoms with Gasteiger partial charge in [0.05, 0.1) is 32.7 Å². The van der Waals surface area contributed by atoms with Crippen LogP contribution in [-0.2, 0) is 19.5 Å². The molecule has 2 aliphatic rings. The molecule has 0 fully saturated rings. The van der Waals surface area contributed by atoms with Gasteiger partial charge in [0.1, 0.15) is 0 Å². The highest BCUT2D eigenvalue weighted by atomic mass is 35.5. The topological polar surface area (TPSA) is 74.2 Å². The number of aromatic nitrogens is 3. The van der Waals surface area contributed by atoms with E-state index in [9.17, 15) is 4.79 Å². The van der Waals surface area contributed by atoms with E-state index in [1.165, 1.54) is 0 Å². The van der Waals surface area contributed by atoms with Gasteiger partial charge in [-0.3, -0.25) is 19.7 Å². The number of nitrogens with one attached hydrogen (secondary N) is 1. The summed E-state index contributed by atoms with van der Waals surface area (Å²) >= 11 is 12.1. The zero-order chi connectivity index (χ0) is 22.1. The van der Waals surface area contributed by atoms with Gasteiger partial charge in [-0.05, 0) is 43.0 Å². The van der Waals surface area contributed by atoms with Crippen LogP contribution in [0.15, 0.2) is 46.3 Å². The van der Waals surface area contributed by atoms with Crippen molar-refractivity contribution >= 4 is 28.9 Å². The molecule has 8 heteroatoms. The summed E-state index contributed by atoms with van der Waals surface area (Å²) in [7, 11) is 0. The second kappa shape index (κ2) is 9.14. The third-order valence-electron chi connectivity index (χ3n) is 5.99. The first-order chi connectivity index (χ1) is 15.6. The van der Waals surface area contributed by atoms with Crippen LogP contribution in [-0.4, -0.2) is 38.7 Å². The van der Waals surface area contributed by atoms with E-state index in [4.69, 9.17) is 28.2 Å². The average Bonchev–Trinajstić information content (AvgIpc) is 2.82. The molecule has 0 amide bonds. The maximum Gasteiger partial charge on any atom is 0.255 e. The number of H-pyrrole nitrogens is 1. The number of fused-ring (bicyclic) bond motifs is 1. The molecular formula is C24H23Cl2N5O. The van der Waals surface area contributed by atoms with Gasteiger partial charge in [-0.25, -0.2) is 4.98 Å². The molecule has 0 unspecified atom stereocenters. The summed E-state index contributed by atoms with van der Waals surface area (Å²) in [6.45, 7) is 2.98. The smallest absolute Gasteiger partial charge is 0.255 e. The minimum absolute atomic E-state index is 0.0453. The summed E-state index contributed by atoms with van der Waals surface area (Å²) in [6.07, 6.45) is 5.73. The molecule has 6 nitrogen and oxygen atoms in total. The van der Waals surface area contributed by atoms with Crippen LogP contribution < -0.4 is 5.56 Å². The van der Waals surface area contributed by atoms with Crippen molar-refractivity contribution in [3.63, 3.8) is 0 Å². The zero-order valence-corrected chi connectivity index (χ0v) is 19.1. The molecule has 0 aliphatic carbocycles. The Balaban J connectivity index is 1.29. The van der Waals surface area contributed by atoms with Crippen LogP contribution in [0.3, 0.4) is 0 Å². The first-order valence-corrected chi connectivity index (χ1v) is 11.6. The number of hydrogen-bond acceptors (Lipinski definition) is 5. The van der Waals surface area contributed by atoms with Crippen molar-refractivity contribution in [2.45, 2.75) is 38.8 Å². The molecule has 0 bridgehead atoms. The third-order valence-corrected chi connectivity index (χ3v) is 6.73. The Kier molecular flexibility index (Phi) is 6.09. The number of pyridine rings is 1. The normalized spacial score (nSPS) is 16.5. The van der Waals surface area contributed by atoms with Crippen LogP contribution in [0.1, 0.15) is 41.9 Å². The Morgan fingerprint density at radius 1 is 1.06 bits per heavy atom. The van der Waals surface area contributed by atoms with E-state index in [2.05, 4.69) is 25.9 Å². The molecule has 2 aromatic heterocycles. The van der Waals surface area contributed by atoms with Gasteiger partial charge in [-0.15, -0.1) is 0 Å². The molecule has 5 rings (SSSR count). The van der Waals surface area contributed by atoms with Gasteiger partial charge in [-0.2, -0.15) is 0 Å². The van der Waals surface area contributed by atoms with E-state index in [-0.39, 0.29) is 5.56 Å². The highest BCUT2D eigenvalue weighted by Crippen LogP contribution is 2.28. The van der Waals surface area contributed by atoms with E-state index in [0.717, 1.165) is 79.1 Å². The van der Waals surface area contributed by atoms with Crippen molar-refractivity contribution in [3.8, 4) is 11.3 Å². The van der Waals surface area contributed by atoms with Crippen LogP contribution in [0, 0.1) is 0 Å². The van der Waals surface area contributed by atoms with Gasteiger partial charge < -0.3 is 4.98 Å². The number of aliphatic imine (C=N–C) groups is 1. The average molecular weight is 468 g/mol. The van der Waals surface area contributed by atoms with Crippen molar-refractivity contribution < 1.29 is 0 Å². The highest BCUT2D eigenvalue weighted by Gasteiger charge is 2.23. The zero-order valence-electron chi connectivity index (χ0n) is 17.6. The second-order valence-electron chi connectivity index (χ2n) is 8.27. The number of hydrogen-bond donors (Lipinski definition) is 1. The summed E-state index contributed by atoms with van der Waals surface area (Å²) in [6, 6.07) is 9.55. The molecule has 0 saturated heterocycles. The minimum Gasteiger partial charge on any atom is -0.305 e. The van der Waals surface area contributed by atoms with Crippen LogP contribution in [0.5, 0.6) is 0 Å². The van der Waals surface area contributed by atoms with Crippen LogP contribution >= 0.6 is 23.2 Å². The fraction of sp³-hybridized carbons (Fsp3) is 0.333. The molecule has 0 radical (unpaired) electrons. The second-order valence-corrected chi connectivity index (χ2v) is 9.08. The summed E-state index contributed by atoms with van der Waals surface area (Å²) in [5.74, 6) is 0.656. The largest absolute Gasteiger partial charge is 0.305 e. The molecule has 1 N–H and O–H groups in total. The highest BCUT2D eigenvalue weighted by molar-refractivity contribution is 6.42. The first-order valence-electron chi connectivity index (χ1n) is 10.9. The summed E-state index contributed by atoms with van der Waals surface area (Å²) in [5, 5.41) is 1.04. The van der Waals surface area contributed by atoms with Crippen molar-refractivity contribution in [3.05, 3.63) is 79.6 Å². The molecule has 2 aliphatic heterocycles. The lowest BCUT2D eigenvalue weighted by Gasteiger charge is -2.27. The van der Waals surface area contributed by atoms with E-state index in [1.54, 1.807) is 6.07 Å². The fourth-order valence-corrected chi connectivity index (χ4v) is 4.54. The van der Waals surface area contributed by atoms with Crippen LogP contribution in [0.2, 0.25) is 10.0 Å². The number of halogens is 2. The molecule has 0 atom stereocenters. The predicted octanol–water partition coefficient (Wildman–Crippen LogP) is 4.67. The Bertz CT molecular complexity index is 1240. The van der Waals surface area contributed by atoms with Crippen LogP contribution in [0.25, 0.3) is 11.3 Å². The van der Waals surface area contributed by atoms with Crippen LogP contribution in [0.4, 0.5) is 0 Å². The van der Waals surface area contributed by atoms with Gasteiger partial charge in [0.2, 0.25) is 0 Å². The predicted molar refractivity (Wildman–Crippen MR) is 128 cm³/mol. The van der Waals surface area contributed by atoms with Crippen molar-refractivity contribution in [2.24, 2.45) is 4.99 Å². The van der Waals surface area contributed by atoms with Crippen molar-refractivity contribution in [2.75, 3.05) is 13.1 Å². The lowest BCUT2D eigenvalue weighted by atomic mass is 10.0. The summed E-state index contributed by atoms with van der Waals surface area (Å²) in [4.78, 5) is 31.9. The summed E-state index contributed by atoms with van der Waals surface area (Å²) < 4.78 is 0.